The molecule has 3 N–H and O–H groups in total. The minimum atomic E-state index is -0.657. The van der Waals surface area contributed by atoms with Crippen molar-refractivity contribution in [3.63, 3.8) is 0 Å². The summed E-state index contributed by atoms with van der Waals surface area (Å²) in [5.74, 6) is -1.47. The summed E-state index contributed by atoms with van der Waals surface area (Å²) >= 11 is 0. The van der Waals surface area contributed by atoms with Crippen LogP contribution in [-0.2, 0) is 19.1 Å². The fourth-order valence-electron chi connectivity index (χ4n) is 2.47. The van der Waals surface area contributed by atoms with Crippen molar-refractivity contribution in [2.24, 2.45) is 0 Å². The number of amides is 2. The van der Waals surface area contributed by atoms with E-state index in [0.717, 1.165) is 0 Å². The maximum atomic E-state index is 12.8. The predicted molar refractivity (Wildman–Crippen MR) is 79.2 cm³/mol. The Morgan fingerprint density at radius 2 is 2.09 bits per heavy atom. The van der Waals surface area contributed by atoms with E-state index in [4.69, 9.17) is 0 Å². The zero-order valence-corrected chi connectivity index (χ0v) is 12.7. The minimum absolute atomic E-state index is 0.0342. The van der Waals surface area contributed by atoms with Gasteiger partial charge >= 0.3 is 5.97 Å². The number of halogens is 1. The highest BCUT2D eigenvalue weighted by molar-refractivity contribution is 5.92. The number of hydrogen-bond donors (Lipinski definition) is 3. The van der Waals surface area contributed by atoms with Crippen LogP contribution in [0.1, 0.15) is 6.42 Å². The standard InChI is InChI=1S/C15H18FN3O4/c1-23-14(21)8-12-15(22)17-6-7-19(12)9-13(20)18-11-4-2-10(16)3-5-11/h2-5,12H,6-9H2,1H3,(H,17,22)(H,18,20)/p+1/t12-/m0/s1. The molecule has 0 aliphatic carbocycles. The number of benzene rings is 1. The summed E-state index contributed by atoms with van der Waals surface area (Å²) in [6.07, 6.45) is -0.0819. The number of esters is 1. The molecule has 2 atom stereocenters. The molecule has 0 bridgehead atoms. The monoisotopic (exact) mass is 324 g/mol. The molecule has 8 heteroatoms. The highest BCUT2D eigenvalue weighted by atomic mass is 19.1. The topological polar surface area (TPSA) is 88.9 Å². The Labute approximate surface area is 132 Å². The van der Waals surface area contributed by atoms with Crippen molar-refractivity contribution in [2.75, 3.05) is 32.1 Å². The third-order valence-corrected chi connectivity index (χ3v) is 3.67. The Bertz CT molecular complexity index is 591. The highest BCUT2D eigenvalue weighted by Gasteiger charge is 2.36. The predicted octanol–water partition coefficient (Wildman–Crippen LogP) is -1.29. The fourth-order valence-corrected chi connectivity index (χ4v) is 2.47. The molecule has 0 aromatic heterocycles. The number of quaternary nitrogens is 1. The van der Waals surface area contributed by atoms with Crippen LogP contribution >= 0.6 is 0 Å². The average Bonchev–Trinajstić information content (AvgIpc) is 2.52. The number of ether oxygens (including phenoxy) is 1. The molecule has 1 unspecified atom stereocenters. The van der Waals surface area contributed by atoms with E-state index in [9.17, 15) is 18.8 Å². The molecule has 1 heterocycles. The summed E-state index contributed by atoms with van der Waals surface area (Å²) in [6.45, 7) is 1.01. The van der Waals surface area contributed by atoms with E-state index in [-0.39, 0.29) is 30.6 Å². The van der Waals surface area contributed by atoms with Crippen LogP contribution in [-0.4, -0.2) is 50.6 Å². The first-order chi connectivity index (χ1) is 11.0. The van der Waals surface area contributed by atoms with Gasteiger partial charge in [0.05, 0.1) is 20.2 Å². The molecule has 23 heavy (non-hydrogen) atoms. The summed E-state index contributed by atoms with van der Waals surface area (Å²) in [7, 11) is 1.25. The quantitative estimate of drug-likeness (QED) is 0.588. The second kappa shape index (κ2) is 7.68. The molecule has 1 aliphatic rings. The first-order valence-electron chi connectivity index (χ1n) is 7.24. The number of nitrogens with one attached hydrogen (secondary N) is 3. The van der Waals surface area contributed by atoms with E-state index < -0.39 is 12.0 Å². The number of carbonyl (C=O) groups excluding carboxylic acids is 3. The Balaban J connectivity index is 1.97. The van der Waals surface area contributed by atoms with E-state index in [1.165, 1.54) is 31.4 Å². The lowest BCUT2D eigenvalue weighted by atomic mass is 10.1. The van der Waals surface area contributed by atoms with Crippen molar-refractivity contribution < 1.29 is 28.4 Å². The van der Waals surface area contributed by atoms with Crippen LogP contribution in [0.25, 0.3) is 0 Å². The zero-order chi connectivity index (χ0) is 16.8. The zero-order valence-electron chi connectivity index (χ0n) is 12.7. The lowest BCUT2D eigenvalue weighted by molar-refractivity contribution is -0.909. The smallest absolute Gasteiger partial charge is 0.312 e. The lowest BCUT2D eigenvalue weighted by Gasteiger charge is -2.30. The number of rotatable bonds is 5. The first-order valence-corrected chi connectivity index (χ1v) is 7.24. The molecule has 0 radical (unpaired) electrons. The van der Waals surface area contributed by atoms with Gasteiger partial charge in [-0.25, -0.2) is 4.39 Å². The van der Waals surface area contributed by atoms with Crippen molar-refractivity contribution >= 4 is 23.5 Å². The maximum Gasteiger partial charge on any atom is 0.312 e. The minimum Gasteiger partial charge on any atom is -0.469 e. The van der Waals surface area contributed by atoms with Gasteiger partial charge in [-0.2, -0.15) is 0 Å². The van der Waals surface area contributed by atoms with E-state index in [1.54, 1.807) is 0 Å². The van der Waals surface area contributed by atoms with E-state index in [1.807, 2.05) is 0 Å². The summed E-state index contributed by atoms with van der Waals surface area (Å²) in [5, 5.41) is 5.32. The molecule has 1 fully saturated rings. The Morgan fingerprint density at radius 3 is 2.74 bits per heavy atom. The van der Waals surface area contributed by atoms with Gasteiger partial charge < -0.3 is 20.3 Å². The second-order valence-electron chi connectivity index (χ2n) is 5.26. The highest BCUT2D eigenvalue weighted by Crippen LogP contribution is 2.07. The van der Waals surface area contributed by atoms with E-state index in [2.05, 4.69) is 15.4 Å². The third kappa shape index (κ3) is 4.75. The van der Waals surface area contributed by atoms with E-state index >= 15 is 0 Å². The molecular weight excluding hydrogens is 305 g/mol. The van der Waals surface area contributed by atoms with Crippen molar-refractivity contribution in [1.29, 1.82) is 0 Å². The molecule has 1 aliphatic heterocycles. The molecule has 0 spiro atoms. The number of carbonyl (C=O) groups is 3. The van der Waals surface area contributed by atoms with Gasteiger partial charge in [-0.05, 0) is 24.3 Å². The van der Waals surface area contributed by atoms with Crippen LogP contribution < -0.4 is 15.5 Å². The van der Waals surface area contributed by atoms with Gasteiger partial charge in [0.15, 0.2) is 12.6 Å². The Morgan fingerprint density at radius 1 is 1.39 bits per heavy atom. The molecule has 7 nitrogen and oxygen atoms in total. The van der Waals surface area contributed by atoms with Gasteiger partial charge in [-0.1, -0.05) is 0 Å². The number of anilines is 1. The Kier molecular flexibility index (Phi) is 5.64. The van der Waals surface area contributed by atoms with Crippen LogP contribution in [0.2, 0.25) is 0 Å². The van der Waals surface area contributed by atoms with Crippen LogP contribution in [0, 0.1) is 5.82 Å². The number of piperazine rings is 1. The van der Waals surface area contributed by atoms with Gasteiger partial charge in [-0.15, -0.1) is 0 Å². The normalized spacial score (nSPS) is 20.5. The molecular formula is C15H19FN3O4+. The van der Waals surface area contributed by atoms with Gasteiger partial charge in [0.2, 0.25) is 0 Å². The lowest BCUT2D eigenvalue weighted by Crippen LogP contribution is -3.20. The first kappa shape index (κ1) is 16.9. The SMILES string of the molecule is COC(=O)C[C@H]1C(=O)NCC[NH+]1CC(=O)Nc1ccc(F)cc1. The third-order valence-electron chi connectivity index (χ3n) is 3.67. The fraction of sp³-hybridized carbons (Fsp3) is 0.400. The Hall–Kier alpha value is -2.48. The van der Waals surface area contributed by atoms with Gasteiger partial charge in [0.25, 0.3) is 11.8 Å². The summed E-state index contributed by atoms with van der Waals surface area (Å²) in [4.78, 5) is 36.1. The maximum absolute atomic E-state index is 12.8. The van der Waals surface area contributed by atoms with Gasteiger partial charge in [0.1, 0.15) is 12.2 Å². The summed E-state index contributed by atoms with van der Waals surface area (Å²) in [6, 6.07) is 4.75. The van der Waals surface area contributed by atoms with Crippen LogP contribution in [0.15, 0.2) is 24.3 Å². The molecule has 0 saturated carbocycles. The molecule has 2 amide bonds. The van der Waals surface area contributed by atoms with Crippen LogP contribution in [0.3, 0.4) is 0 Å². The molecule has 1 aromatic rings. The van der Waals surface area contributed by atoms with E-state index in [0.29, 0.717) is 23.7 Å². The number of methoxy groups -OCH3 is 1. The molecule has 1 aromatic carbocycles. The van der Waals surface area contributed by atoms with Crippen LogP contribution in [0.5, 0.6) is 0 Å². The van der Waals surface area contributed by atoms with Crippen LogP contribution in [0.4, 0.5) is 10.1 Å². The van der Waals surface area contributed by atoms with Crippen molar-refractivity contribution in [1.82, 2.24) is 5.32 Å². The molecule has 124 valence electrons. The van der Waals surface area contributed by atoms with Gasteiger partial charge in [-0.3, -0.25) is 14.4 Å². The van der Waals surface area contributed by atoms with Crippen molar-refractivity contribution in [3.05, 3.63) is 30.1 Å². The molecule has 2 rings (SSSR count). The average molecular weight is 324 g/mol. The summed E-state index contributed by atoms with van der Waals surface area (Å²) in [5.41, 5.74) is 0.474. The largest absolute Gasteiger partial charge is 0.469 e. The second-order valence-corrected chi connectivity index (χ2v) is 5.26. The number of hydrogen-bond acceptors (Lipinski definition) is 4. The van der Waals surface area contributed by atoms with Crippen molar-refractivity contribution in [2.45, 2.75) is 12.5 Å². The summed E-state index contributed by atoms with van der Waals surface area (Å²) < 4.78 is 17.4. The molecule has 1 saturated heterocycles. The van der Waals surface area contributed by atoms with Crippen molar-refractivity contribution in [3.8, 4) is 0 Å². The van der Waals surface area contributed by atoms with Gasteiger partial charge in [0, 0.05) is 5.69 Å².